The smallest absolute Gasteiger partial charge is 0.365 e. The largest absolute Gasteiger partial charge is 0.508 e. The highest BCUT2D eigenvalue weighted by molar-refractivity contribution is 6.03. The van der Waals surface area contributed by atoms with E-state index in [4.69, 9.17) is 4.84 Å². The molecule has 118 valence electrons. The molecule has 1 unspecified atom stereocenters. The van der Waals surface area contributed by atoms with E-state index in [1.54, 1.807) is 24.3 Å². The van der Waals surface area contributed by atoms with E-state index in [0.717, 1.165) is 35.2 Å². The number of nitrogens with zero attached hydrogens (tertiary/aromatic N) is 1. The third kappa shape index (κ3) is 3.42. The minimum Gasteiger partial charge on any atom is -0.508 e. The van der Waals surface area contributed by atoms with Crippen molar-refractivity contribution in [2.45, 2.75) is 26.7 Å². The number of carbonyl (C=O) groups excluding carboxylic acids is 1. The zero-order chi connectivity index (χ0) is 16.4. The topological polar surface area (TPSA) is 58.9 Å². The van der Waals surface area contributed by atoms with Crippen LogP contribution in [0.3, 0.4) is 0 Å². The number of rotatable bonds is 2. The van der Waals surface area contributed by atoms with Gasteiger partial charge in [-0.15, -0.1) is 0 Å². The van der Waals surface area contributed by atoms with Crippen molar-refractivity contribution in [1.82, 2.24) is 0 Å². The number of fused-ring (bicyclic) bond motifs is 1. The van der Waals surface area contributed by atoms with Crippen LogP contribution in [0.4, 0.5) is 0 Å². The third-order valence-electron chi connectivity index (χ3n) is 4.04. The quantitative estimate of drug-likeness (QED) is 0.677. The molecule has 0 saturated heterocycles. The SMILES string of the molecule is Cc1ccc(C(=O)O/N=C2\CC(C)Cc3cc(O)ccc32)cc1. The number of hydrogen-bond acceptors (Lipinski definition) is 4. The van der Waals surface area contributed by atoms with E-state index in [9.17, 15) is 9.90 Å². The second-order valence-corrected chi connectivity index (χ2v) is 6.14. The average Bonchev–Trinajstić information content (AvgIpc) is 2.52. The first kappa shape index (κ1) is 15.3. The number of oxime groups is 1. The van der Waals surface area contributed by atoms with Crippen LogP contribution in [-0.2, 0) is 11.3 Å². The summed E-state index contributed by atoms with van der Waals surface area (Å²) in [5.74, 6) is 0.172. The number of aromatic hydroxyl groups is 1. The highest BCUT2D eigenvalue weighted by Gasteiger charge is 2.22. The molecule has 0 amide bonds. The summed E-state index contributed by atoms with van der Waals surface area (Å²) >= 11 is 0. The fourth-order valence-electron chi connectivity index (χ4n) is 2.84. The minimum absolute atomic E-state index is 0.244. The molecule has 0 aromatic heterocycles. The van der Waals surface area contributed by atoms with Crippen LogP contribution >= 0.6 is 0 Å². The molecule has 4 nitrogen and oxygen atoms in total. The lowest BCUT2D eigenvalue weighted by Crippen LogP contribution is -2.19. The lowest BCUT2D eigenvalue weighted by Gasteiger charge is -2.22. The standard InChI is InChI=1S/C19H19NO3/c1-12-3-5-14(6-4-12)19(22)23-20-18-10-13(2)9-15-11-16(21)7-8-17(15)18/h3-8,11,13,21H,9-10H2,1-2H3/b20-18+. The molecule has 0 radical (unpaired) electrons. The highest BCUT2D eigenvalue weighted by atomic mass is 16.7. The van der Waals surface area contributed by atoms with Crippen molar-refractivity contribution in [2.75, 3.05) is 0 Å². The Balaban J connectivity index is 1.83. The molecule has 2 aromatic carbocycles. The zero-order valence-electron chi connectivity index (χ0n) is 13.2. The van der Waals surface area contributed by atoms with Crippen molar-refractivity contribution in [2.24, 2.45) is 11.1 Å². The Morgan fingerprint density at radius 1 is 1.17 bits per heavy atom. The van der Waals surface area contributed by atoms with E-state index in [1.165, 1.54) is 0 Å². The number of carbonyl (C=O) groups is 1. The van der Waals surface area contributed by atoms with Gasteiger partial charge in [0.15, 0.2) is 0 Å². The van der Waals surface area contributed by atoms with Gasteiger partial charge in [0, 0.05) is 5.56 Å². The first-order valence-electron chi connectivity index (χ1n) is 7.70. The van der Waals surface area contributed by atoms with Crippen LogP contribution < -0.4 is 0 Å². The molecule has 1 atom stereocenters. The van der Waals surface area contributed by atoms with Gasteiger partial charge < -0.3 is 9.94 Å². The van der Waals surface area contributed by atoms with Gasteiger partial charge in [0.2, 0.25) is 0 Å². The second kappa shape index (κ2) is 6.24. The van der Waals surface area contributed by atoms with Gasteiger partial charge in [-0.05, 0) is 61.6 Å². The molecule has 1 N–H and O–H groups in total. The van der Waals surface area contributed by atoms with Gasteiger partial charge >= 0.3 is 5.97 Å². The molecule has 2 aromatic rings. The van der Waals surface area contributed by atoms with Gasteiger partial charge in [0.1, 0.15) is 5.75 Å². The summed E-state index contributed by atoms with van der Waals surface area (Å²) in [6, 6.07) is 12.4. The summed E-state index contributed by atoms with van der Waals surface area (Å²) in [5, 5.41) is 13.7. The first-order valence-corrected chi connectivity index (χ1v) is 7.70. The van der Waals surface area contributed by atoms with E-state index >= 15 is 0 Å². The zero-order valence-corrected chi connectivity index (χ0v) is 13.2. The Morgan fingerprint density at radius 3 is 2.65 bits per heavy atom. The fourth-order valence-corrected chi connectivity index (χ4v) is 2.84. The molecule has 0 fully saturated rings. The molecule has 0 heterocycles. The van der Waals surface area contributed by atoms with Crippen LogP contribution in [0, 0.1) is 12.8 Å². The summed E-state index contributed by atoms with van der Waals surface area (Å²) in [5.41, 5.74) is 4.29. The first-order chi connectivity index (χ1) is 11.0. The number of phenols is 1. The molecule has 0 bridgehead atoms. The maximum Gasteiger partial charge on any atom is 0.365 e. The summed E-state index contributed by atoms with van der Waals surface area (Å²) in [6.45, 7) is 4.08. The summed E-state index contributed by atoms with van der Waals surface area (Å²) in [4.78, 5) is 17.2. The van der Waals surface area contributed by atoms with E-state index in [1.807, 2.05) is 25.1 Å². The van der Waals surface area contributed by atoms with Crippen LogP contribution in [0.15, 0.2) is 47.6 Å². The predicted octanol–water partition coefficient (Wildman–Crippen LogP) is 3.84. The maximum absolute atomic E-state index is 12.1. The van der Waals surface area contributed by atoms with Gasteiger partial charge in [0.05, 0.1) is 11.3 Å². The summed E-state index contributed by atoms with van der Waals surface area (Å²) in [7, 11) is 0. The van der Waals surface area contributed by atoms with E-state index in [-0.39, 0.29) is 5.75 Å². The van der Waals surface area contributed by atoms with Crippen molar-refractivity contribution in [3.8, 4) is 5.75 Å². The van der Waals surface area contributed by atoms with Gasteiger partial charge in [-0.1, -0.05) is 29.8 Å². The van der Waals surface area contributed by atoms with Gasteiger partial charge in [0.25, 0.3) is 0 Å². The molecule has 0 spiro atoms. The molecule has 0 saturated carbocycles. The van der Waals surface area contributed by atoms with Crippen LogP contribution in [0.2, 0.25) is 0 Å². The minimum atomic E-state index is -0.462. The number of phenolic OH excluding ortho intramolecular Hbond substituents is 1. The van der Waals surface area contributed by atoms with E-state index < -0.39 is 5.97 Å². The molecular formula is C19H19NO3. The molecule has 0 aliphatic heterocycles. The number of benzene rings is 2. The molecule has 3 rings (SSSR count). The Morgan fingerprint density at radius 2 is 1.91 bits per heavy atom. The van der Waals surface area contributed by atoms with Crippen molar-refractivity contribution in [3.63, 3.8) is 0 Å². The lowest BCUT2D eigenvalue weighted by atomic mass is 9.83. The summed E-state index contributed by atoms with van der Waals surface area (Å²) in [6.07, 6.45) is 1.63. The van der Waals surface area contributed by atoms with Gasteiger partial charge in [-0.2, -0.15) is 0 Å². The van der Waals surface area contributed by atoms with E-state index in [2.05, 4.69) is 12.1 Å². The Bertz CT molecular complexity index is 763. The maximum atomic E-state index is 12.1. The monoisotopic (exact) mass is 309 g/mol. The van der Waals surface area contributed by atoms with Crippen molar-refractivity contribution >= 4 is 11.7 Å². The Hall–Kier alpha value is -2.62. The van der Waals surface area contributed by atoms with Crippen molar-refractivity contribution in [3.05, 3.63) is 64.7 Å². The molecule has 4 heteroatoms. The second-order valence-electron chi connectivity index (χ2n) is 6.14. The Kier molecular flexibility index (Phi) is 4.15. The van der Waals surface area contributed by atoms with Crippen LogP contribution in [-0.4, -0.2) is 16.8 Å². The summed E-state index contributed by atoms with van der Waals surface area (Å²) < 4.78 is 0. The molecule has 1 aliphatic carbocycles. The van der Waals surface area contributed by atoms with Crippen LogP contribution in [0.25, 0.3) is 0 Å². The fraction of sp³-hybridized carbons (Fsp3) is 0.263. The normalized spacial score (nSPS) is 18.5. The average molecular weight is 309 g/mol. The van der Waals surface area contributed by atoms with Crippen molar-refractivity contribution < 1.29 is 14.7 Å². The lowest BCUT2D eigenvalue weighted by molar-refractivity contribution is 0.0515. The highest BCUT2D eigenvalue weighted by Crippen LogP contribution is 2.28. The predicted molar refractivity (Wildman–Crippen MR) is 88.7 cm³/mol. The number of aryl methyl sites for hydroxylation is 1. The molecule has 1 aliphatic rings. The van der Waals surface area contributed by atoms with Gasteiger partial charge in [-0.3, -0.25) is 0 Å². The molecular weight excluding hydrogens is 290 g/mol. The van der Waals surface area contributed by atoms with E-state index in [0.29, 0.717) is 11.5 Å². The van der Waals surface area contributed by atoms with Crippen molar-refractivity contribution in [1.29, 1.82) is 0 Å². The number of hydrogen-bond donors (Lipinski definition) is 1. The van der Waals surface area contributed by atoms with Gasteiger partial charge in [-0.25, -0.2) is 4.79 Å². The Labute approximate surface area is 135 Å². The third-order valence-corrected chi connectivity index (χ3v) is 4.04. The van der Waals surface area contributed by atoms with Crippen LogP contribution in [0.5, 0.6) is 5.75 Å². The molecule has 23 heavy (non-hydrogen) atoms. The van der Waals surface area contributed by atoms with Crippen LogP contribution in [0.1, 0.15) is 40.4 Å².